The molecular formula is C22H23N3O4S. The van der Waals surface area contributed by atoms with Gasteiger partial charge in [0, 0.05) is 36.5 Å². The van der Waals surface area contributed by atoms with Crippen molar-refractivity contribution >= 4 is 35.0 Å². The zero-order valence-corrected chi connectivity index (χ0v) is 18.3. The average molecular weight is 426 g/mol. The summed E-state index contributed by atoms with van der Waals surface area (Å²) in [5.74, 6) is 0.0878. The number of nitrogens with zero attached hydrogens (tertiary/aromatic N) is 3. The molecule has 0 saturated carbocycles. The van der Waals surface area contributed by atoms with Gasteiger partial charge in [0.25, 0.3) is 0 Å². The molecule has 8 heteroatoms. The number of Topliss-reactive ketones (excluding diaryl/α,β-unsaturated/α-hetero) is 1. The summed E-state index contributed by atoms with van der Waals surface area (Å²) in [5, 5.41) is 18.9. The minimum atomic E-state index is -0.522. The Labute approximate surface area is 179 Å². The first-order valence-corrected chi connectivity index (χ1v) is 10.4. The molecule has 0 aliphatic rings. The largest absolute Gasteiger partial charge is 0.462 e. The van der Waals surface area contributed by atoms with Crippen molar-refractivity contribution < 1.29 is 18.7 Å². The van der Waals surface area contributed by atoms with Gasteiger partial charge in [-0.25, -0.2) is 4.79 Å². The van der Waals surface area contributed by atoms with E-state index in [9.17, 15) is 20.1 Å². The molecule has 7 nitrogen and oxygen atoms in total. The Morgan fingerprint density at radius 2 is 1.93 bits per heavy atom. The molecule has 0 spiro atoms. The second kappa shape index (κ2) is 10.4. The molecule has 2 aromatic heterocycles. The third-order valence-corrected chi connectivity index (χ3v) is 5.78. The van der Waals surface area contributed by atoms with Crippen molar-refractivity contribution in [1.29, 1.82) is 10.5 Å². The molecule has 0 fully saturated rings. The number of ether oxygens (including phenoxy) is 1. The van der Waals surface area contributed by atoms with E-state index in [0.717, 1.165) is 24.4 Å². The summed E-state index contributed by atoms with van der Waals surface area (Å²) in [6.45, 7) is 9.11. The molecule has 0 aromatic carbocycles. The number of furan rings is 1. The van der Waals surface area contributed by atoms with Crippen molar-refractivity contribution in [1.82, 2.24) is 0 Å². The van der Waals surface area contributed by atoms with E-state index in [0.29, 0.717) is 27.0 Å². The van der Waals surface area contributed by atoms with Gasteiger partial charge in [-0.3, -0.25) is 4.79 Å². The number of nitriles is 2. The van der Waals surface area contributed by atoms with Gasteiger partial charge in [0.1, 0.15) is 22.8 Å². The fourth-order valence-electron chi connectivity index (χ4n) is 2.92. The van der Waals surface area contributed by atoms with Crippen LogP contribution in [0.5, 0.6) is 0 Å². The maximum Gasteiger partial charge on any atom is 0.348 e. The highest BCUT2D eigenvalue weighted by Gasteiger charge is 2.23. The first kappa shape index (κ1) is 22.9. The molecule has 0 saturated heterocycles. The lowest BCUT2D eigenvalue weighted by Gasteiger charge is -2.16. The second-order valence-electron chi connectivity index (χ2n) is 6.30. The highest BCUT2D eigenvalue weighted by atomic mass is 32.1. The van der Waals surface area contributed by atoms with Crippen molar-refractivity contribution in [3.63, 3.8) is 0 Å². The van der Waals surface area contributed by atoms with Gasteiger partial charge in [0.05, 0.1) is 17.7 Å². The highest BCUT2D eigenvalue weighted by molar-refractivity contribution is 7.14. The van der Waals surface area contributed by atoms with Crippen LogP contribution in [-0.4, -0.2) is 31.4 Å². The van der Waals surface area contributed by atoms with Gasteiger partial charge in [-0.2, -0.15) is 10.5 Å². The fourth-order valence-corrected chi connectivity index (χ4v) is 4.07. The van der Waals surface area contributed by atoms with E-state index >= 15 is 0 Å². The Kier molecular flexibility index (Phi) is 7.97. The van der Waals surface area contributed by atoms with Gasteiger partial charge in [-0.1, -0.05) is 0 Å². The fraction of sp³-hybridized carbons (Fsp3) is 0.364. The van der Waals surface area contributed by atoms with Crippen molar-refractivity contribution in [3.05, 3.63) is 44.3 Å². The van der Waals surface area contributed by atoms with Crippen LogP contribution in [0.1, 0.15) is 52.2 Å². The molecule has 2 heterocycles. The normalized spacial score (nSPS) is 10.9. The molecule has 2 aromatic rings. The number of anilines is 1. The zero-order valence-electron chi connectivity index (χ0n) is 17.4. The summed E-state index contributed by atoms with van der Waals surface area (Å²) in [4.78, 5) is 27.6. The number of allylic oxidation sites excluding steroid dienone is 1. The van der Waals surface area contributed by atoms with E-state index in [1.165, 1.54) is 6.08 Å². The predicted octanol–water partition coefficient (Wildman–Crippen LogP) is 4.26. The zero-order chi connectivity index (χ0) is 22.3. The minimum Gasteiger partial charge on any atom is -0.462 e. The number of thiophene rings is 1. The van der Waals surface area contributed by atoms with E-state index in [1.807, 2.05) is 30.9 Å². The first-order chi connectivity index (χ1) is 14.4. The van der Waals surface area contributed by atoms with E-state index in [1.54, 1.807) is 26.0 Å². The Morgan fingerprint density at radius 3 is 2.50 bits per heavy atom. The van der Waals surface area contributed by atoms with Gasteiger partial charge >= 0.3 is 5.97 Å². The summed E-state index contributed by atoms with van der Waals surface area (Å²) in [6, 6.07) is 7.45. The van der Waals surface area contributed by atoms with Crippen molar-refractivity contribution in [2.45, 2.75) is 34.1 Å². The van der Waals surface area contributed by atoms with Gasteiger partial charge in [-0.15, -0.1) is 11.3 Å². The molecule has 0 amide bonds. The summed E-state index contributed by atoms with van der Waals surface area (Å²) in [7, 11) is 0. The van der Waals surface area contributed by atoms with E-state index < -0.39 is 11.8 Å². The molecule has 0 bridgehead atoms. The Hall–Kier alpha value is -3.36. The van der Waals surface area contributed by atoms with Crippen LogP contribution in [0.4, 0.5) is 5.88 Å². The van der Waals surface area contributed by atoms with Crippen LogP contribution in [0, 0.1) is 29.6 Å². The van der Waals surface area contributed by atoms with Gasteiger partial charge < -0.3 is 14.1 Å². The van der Waals surface area contributed by atoms with Crippen LogP contribution < -0.4 is 4.90 Å². The lowest BCUT2D eigenvalue weighted by Crippen LogP contribution is -2.20. The molecule has 0 aliphatic heterocycles. The number of ketones is 1. The number of hydrogen-bond donors (Lipinski definition) is 0. The van der Waals surface area contributed by atoms with Crippen LogP contribution in [0.3, 0.4) is 0 Å². The molecule has 30 heavy (non-hydrogen) atoms. The van der Waals surface area contributed by atoms with E-state index in [-0.39, 0.29) is 24.2 Å². The summed E-state index contributed by atoms with van der Waals surface area (Å²) >= 11 is 1.05. The number of carbonyl (C=O) groups excluding carboxylic acids is 2. The first-order valence-electron chi connectivity index (χ1n) is 9.59. The van der Waals surface area contributed by atoms with Crippen molar-refractivity contribution in [2.24, 2.45) is 0 Å². The van der Waals surface area contributed by atoms with E-state index in [2.05, 4.69) is 0 Å². The standard InChI is InChI=1S/C22H23N3O4S/c1-5-25(6-2)20-9-8-16(29-20)10-15(12-23)18(26)11-19-17(13-24)14(4)21(30-19)22(27)28-7-3/h8-10H,5-7,11H2,1-4H3/b15-10+. The van der Waals surface area contributed by atoms with Gasteiger partial charge in [0.15, 0.2) is 11.7 Å². The number of esters is 1. The van der Waals surface area contributed by atoms with E-state index in [4.69, 9.17) is 9.15 Å². The SMILES string of the molecule is CCOC(=O)c1sc(CC(=O)/C(C#N)=C/c2ccc(N(CC)CC)o2)c(C#N)c1C. The van der Waals surface area contributed by atoms with Crippen LogP contribution >= 0.6 is 11.3 Å². The maximum absolute atomic E-state index is 12.7. The second-order valence-corrected chi connectivity index (χ2v) is 7.41. The highest BCUT2D eigenvalue weighted by Crippen LogP contribution is 2.30. The lowest BCUT2D eigenvalue weighted by atomic mass is 10.0. The van der Waals surface area contributed by atoms with Crippen molar-refractivity contribution in [2.75, 3.05) is 24.6 Å². The summed E-state index contributed by atoms with van der Waals surface area (Å²) < 4.78 is 10.7. The number of hydrogen-bond acceptors (Lipinski definition) is 8. The molecule has 156 valence electrons. The Bertz CT molecular complexity index is 1050. The molecule has 0 radical (unpaired) electrons. The molecule has 0 aliphatic carbocycles. The van der Waals surface area contributed by atoms with Crippen molar-refractivity contribution in [3.8, 4) is 12.1 Å². The lowest BCUT2D eigenvalue weighted by molar-refractivity contribution is -0.114. The molecule has 0 N–H and O–H groups in total. The minimum absolute atomic E-state index is 0.0805. The van der Waals surface area contributed by atoms with Crippen LogP contribution in [-0.2, 0) is 16.0 Å². The Morgan fingerprint density at radius 1 is 1.23 bits per heavy atom. The quantitative estimate of drug-likeness (QED) is 0.335. The molecule has 0 unspecified atom stereocenters. The topological polar surface area (TPSA) is 107 Å². The third-order valence-electron chi connectivity index (χ3n) is 4.51. The number of rotatable bonds is 9. The Balaban J connectivity index is 2.29. The van der Waals surface area contributed by atoms with Crippen LogP contribution in [0.2, 0.25) is 0 Å². The smallest absolute Gasteiger partial charge is 0.348 e. The van der Waals surface area contributed by atoms with Gasteiger partial charge in [0.2, 0.25) is 0 Å². The molecule has 2 rings (SSSR count). The summed E-state index contributed by atoms with van der Waals surface area (Å²) in [5.41, 5.74) is 0.680. The summed E-state index contributed by atoms with van der Waals surface area (Å²) in [6.07, 6.45) is 1.24. The number of carbonyl (C=O) groups is 2. The molecular weight excluding hydrogens is 402 g/mol. The monoisotopic (exact) mass is 425 g/mol. The van der Waals surface area contributed by atoms with Gasteiger partial charge in [-0.05, 0) is 39.3 Å². The third kappa shape index (κ3) is 4.97. The molecule has 0 atom stereocenters. The van der Waals surface area contributed by atoms with Crippen LogP contribution in [0.25, 0.3) is 6.08 Å². The van der Waals surface area contributed by atoms with Crippen LogP contribution in [0.15, 0.2) is 22.1 Å². The average Bonchev–Trinajstić information content (AvgIpc) is 3.31. The maximum atomic E-state index is 12.7. The predicted molar refractivity (Wildman–Crippen MR) is 114 cm³/mol.